The molecule has 28 heavy (non-hydrogen) atoms. The van der Waals surface area contributed by atoms with E-state index in [1.165, 1.54) is 0 Å². The Hall–Kier alpha value is -2.39. The highest BCUT2D eigenvalue weighted by Gasteiger charge is 1.98. The molecule has 0 radical (unpaired) electrons. The smallest absolute Gasteiger partial charge is 0.134 e. The number of aliphatic hydroxyl groups is 1. The van der Waals surface area contributed by atoms with E-state index >= 15 is 0 Å². The average molecular weight is 385 g/mol. The molecule has 0 unspecified atom stereocenters. The molecule has 0 bridgehead atoms. The highest BCUT2D eigenvalue weighted by atomic mass is 16.5. The number of aliphatic hydroxyl groups excluding tert-OH is 1. The van der Waals surface area contributed by atoms with E-state index in [1.807, 2.05) is 48.6 Å². The van der Waals surface area contributed by atoms with E-state index < -0.39 is 0 Å². The molecule has 1 rings (SSSR count). The normalized spacial score (nSPS) is 11.4. The van der Waals surface area contributed by atoms with E-state index in [-0.39, 0.29) is 12.4 Å². The molecule has 0 spiro atoms. The van der Waals surface area contributed by atoms with Crippen molar-refractivity contribution in [2.45, 2.75) is 52.9 Å². The number of allylic oxidation sites excluding steroid dienone is 7. The Bertz CT molecular complexity index is 607. The number of Topliss-reactive ketones (excluding diaryl/α,β-unsaturated/α-hetero) is 1. The number of hydrogen-bond donors (Lipinski definition) is 1. The molecule has 154 valence electrons. The van der Waals surface area contributed by atoms with Crippen molar-refractivity contribution in [2.75, 3.05) is 13.2 Å². The molecule has 0 aliphatic rings. The lowest BCUT2D eigenvalue weighted by Crippen LogP contribution is -1.97. The molecule has 0 saturated heterocycles. The first-order valence-electron chi connectivity index (χ1n) is 10.1. The number of carbonyl (C=O) groups is 1. The minimum Gasteiger partial charge on any atom is -0.494 e. The first-order chi connectivity index (χ1) is 13.6. The molecule has 0 aliphatic carbocycles. The first kappa shape index (κ1) is 25.6. The zero-order valence-electron chi connectivity index (χ0n) is 17.6. The van der Waals surface area contributed by atoms with Gasteiger partial charge in [-0.25, -0.2) is 0 Å². The van der Waals surface area contributed by atoms with Crippen molar-refractivity contribution >= 4 is 5.78 Å². The molecule has 0 aliphatic heterocycles. The van der Waals surface area contributed by atoms with Gasteiger partial charge in [0.25, 0.3) is 0 Å². The van der Waals surface area contributed by atoms with Crippen LogP contribution in [0.5, 0.6) is 5.75 Å². The maximum atomic E-state index is 10.8. The fraction of sp³-hybridized carbons (Fsp3) is 0.400. The van der Waals surface area contributed by atoms with Crippen LogP contribution in [0.15, 0.2) is 72.9 Å². The molecule has 1 N–H and O–H groups in total. The molecule has 0 amide bonds. The zero-order valence-corrected chi connectivity index (χ0v) is 17.6. The summed E-state index contributed by atoms with van der Waals surface area (Å²) in [5, 5.41) is 8.44. The van der Waals surface area contributed by atoms with Gasteiger partial charge in [-0.1, -0.05) is 74.6 Å². The Morgan fingerprint density at radius 1 is 0.929 bits per heavy atom. The molecule has 0 heterocycles. The Morgan fingerprint density at radius 2 is 1.57 bits per heavy atom. The largest absolute Gasteiger partial charge is 0.494 e. The van der Waals surface area contributed by atoms with Crippen LogP contribution in [0.2, 0.25) is 0 Å². The summed E-state index contributed by atoms with van der Waals surface area (Å²) < 4.78 is 5.43. The van der Waals surface area contributed by atoms with Gasteiger partial charge >= 0.3 is 0 Å². The van der Waals surface area contributed by atoms with E-state index in [9.17, 15) is 4.79 Å². The Morgan fingerprint density at radius 3 is 2.14 bits per heavy atom. The highest BCUT2D eigenvalue weighted by molar-refractivity contribution is 5.78. The van der Waals surface area contributed by atoms with Crippen LogP contribution >= 0.6 is 0 Å². The standard InChI is InChI=1S/C13H20O.C12H16O2/c1-2-3-4-5-6-7-8-9-10-11-12-13-14;1-3-8-14-12-6-4-11(5-7-12)9-10(2)13/h3-4,7-12,14H,2,5-6,13H2,1H3;4-7H,3,8-9H2,1-2H3/b4-3-,8-7+,10-9-,12-11+;. The van der Waals surface area contributed by atoms with Crippen molar-refractivity contribution in [1.82, 2.24) is 0 Å². The number of carbonyl (C=O) groups excluding carboxylic acids is 1. The fourth-order valence-electron chi connectivity index (χ4n) is 2.13. The van der Waals surface area contributed by atoms with Crippen LogP contribution in [0.3, 0.4) is 0 Å². The highest BCUT2D eigenvalue weighted by Crippen LogP contribution is 2.12. The first-order valence-corrected chi connectivity index (χ1v) is 10.1. The van der Waals surface area contributed by atoms with Crippen LogP contribution in [-0.2, 0) is 11.2 Å². The summed E-state index contributed by atoms with van der Waals surface area (Å²) in [4.78, 5) is 10.8. The Kier molecular flexibility index (Phi) is 17.7. The minimum absolute atomic E-state index is 0.107. The zero-order chi connectivity index (χ0) is 20.9. The summed E-state index contributed by atoms with van der Waals surface area (Å²) in [6.07, 6.45) is 20.8. The minimum atomic E-state index is 0.107. The van der Waals surface area contributed by atoms with Gasteiger partial charge in [0.2, 0.25) is 0 Å². The Balaban J connectivity index is 0.000000521. The lowest BCUT2D eigenvalue weighted by atomic mass is 10.1. The van der Waals surface area contributed by atoms with E-state index in [1.54, 1.807) is 13.0 Å². The van der Waals surface area contributed by atoms with Crippen molar-refractivity contribution in [2.24, 2.45) is 0 Å². The summed E-state index contributed by atoms with van der Waals surface area (Å²) >= 11 is 0. The van der Waals surface area contributed by atoms with Crippen LogP contribution in [0.1, 0.15) is 52.0 Å². The predicted octanol–water partition coefficient (Wildman–Crippen LogP) is 6.00. The van der Waals surface area contributed by atoms with Crippen LogP contribution < -0.4 is 4.74 Å². The quantitative estimate of drug-likeness (QED) is 0.273. The van der Waals surface area contributed by atoms with Gasteiger partial charge in [0, 0.05) is 6.42 Å². The molecule has 0 aromatic heterocycles. The van der Waals surface area contributed by atoms with Crippen LogP contribution in [-0.4, -0.2) is 24.1 Å². The second kappa shape index (κ2) is 19.4. The van der Waals surface area contributed by atoms with Crippen LogP contribution in [0.25, 0.3) is 0 Å². The lowest BCUT2D eigenvalue weighted by Gasteiger charge is -2.04. The molecule has 3 nitrogen and oxygen atoms in total. The predicted molar refractivity (Wildman–Crippen MR) is 120 cm³/mol. The molecule has 1 aromatic rings. The van der Waals surface area contributed by atoms with Crippen LogP contribution in [0.4, 0.5) is 0 Å². The van der Waals surface area contributed by atoms with Gasteiger partial charge < -0.3 is 9.84 Å². The molecule has 0 atom stereocenters. The molecular weight excluding hydrogens is 348 g/mol. The molecule has 1 aromatic carbocycles. The van der Waals surface area contributed by atoms with Crippen molar-refractivity contribution in [3.05, 3.63) is 78.4 Å². The van der Waals surface area contributed by atoms with Crippen molar-refractivity contribution in [1.29, 1.82) is 0 Å². The van der Waals surface area contributed by atoms with Gasteiger partial charge in [-0.05, 0) is 50.3 Å². The number of ketones is 1. The molecule has 0 fully saturated rings. The van der Waals surface area contributed by atoms with E-state index in [0.717, 1.165) is 43.6 Å². The number of ether oxygens (including phenoxy) is 1. The SMILES string of the molecule is CC/C=C\CC/C=C/C=C\C=C\CO.CCCOc1ccc(CC(C)=O)cc1. The van der Waals surface area contributed by atoms with Crippen molar-refractivity contribution < 1.29 is 14.6 Å². The van der Waals surface area contributed by atoms with Gasteiger partial charge in [0.05, 0.1) is 13.2 Å². The lowest BCUT2D eigenvalue weighted by molar-refractivity contribution is -0.116. The van der Waals surface area contributed by atoms with E-state index in [2.05, 4.69) is 32.1 Å². The third kappa shape index (κ3) is 17.0. The maximum absolute atomic E-state index is 10.8. The monoisotopic (exact) mass is 384 g/mol. The summed E-state index contributed by atoms with van der Waals surface area (Å²) in [7, 11) is 0. The fourth-order valence-corrected chi connectivity index (χ4v) is 2.13. The summed E-state index contributed by atoms with van der Waals surface area (Å²) in [6.45, 7) is 6.66. The number of hydrogen-bond acceptors (Lipinski definition) is 3. The topological polar surface area (TPSA) is 46.5 Å². The molecule has 3 heteroatoms. The van der Waals surface area contributed by atoms with Gasteiger partial charge in [0.1, 0.15) is 11.5 Å². The Labute approximate surface area is 171 Å². The summed E-state index contributed by atoms with van der Waals surface area (Å²) in [5.41, 5.74) is 1.04. The summed E-state index contributed by atoms with van der Waals surface area (Å²) in [6, 6.07) is 7.70. The number of benzene rings is 1. The third-order valence-electron chi connectivity index (χ3n) is 3.46. The van der Waals surface area contributed by atoms with E-state index in [0.29, 0.717) is 6.42 Å². The number of unbranched alkanes of at least 4 members (excludes halogenated alkanes) is 1. The number of rotatable bonds is 12. The van der Waals surface area contributed by atoms with Gasteiger partial charge in [-0.2, -0.15) is 0 Å². The average Bonchev–Trinajstić information content (AvgIpc) is 2.69. The van der Waals surface area contributed by atoms with Gasteiger partial charge in [0.15, 0.2) is 0 Å². The molecular formula is C25H36O3. The van der Waals surface area contributed by atoms with Gasteiger partial charge in [-0.3, -0.25) is 4.79 Å². The maximum Gasteiger partial charge on any atom is 0.134 e. The third-order valence-corrected chi connectivity index (χ3v) is 3.46. The van der Waals surface area contributed by atoms with Crippen molar-refractivity contribution in [3.8, 4) is 5.75 Å². The second-order valence-electron chi connectivity index (χ2n) is 6.25. The van der Waals surface area contributed by atoms with E-state index in [4.69, 9.17) is 9.84 Å². The van der Waals surface area contributed by atoms with Crippen LogP contribution in [0, 0.1) is 0 Å². The van der Waals surface area contributed by atoms with Crippen molar-refractivity contribution in [3.63, 3.8) is 0 Å². The second-order valence-corrected chi connectivity index (χ2v) is 6.25. The molecule has 0 saturated carbocycles. The summed E-state index contributed by atoms with van der Waals surface area (Å²) in [5.74, 6) is 1.06. The van der Waals surface area contributed by atoms with Gasteiger partial charge in [-0.15, -0.1) is 0 Å².